The molecule has 140 valence electrons. The SMILES string of the molecule is O=C(NCCn1nc(C(F)(F)F)ccc1=O)c1ccc(-n2cccc2)cc1. The molecule has 0 aliphatic carbocycles. The smallest absolute Gasteiger partial charge is 0.350 e. The van der Waals surface area contributed by atoms with Crippen molar-refractivity contribution in [1.29, 1.82) is 0 Å². The summed E-state index contributed by atoms with van der Waals surface area (Å²) in [6.45, 7) is -0.206. The third-order valence-corrected chi connectivity index (χ3v) is 3.80. The standard InChI is InChI=1S/C18H15F3N4O2/c19-18(20,21)15-7-8-16(26)25(23-15)12-9-22-17(27)13-3-5-14(6-4-13)24-10-1-2-11-24/h1-8,10-11H,9,12H2,(H,22,27). The quantitative estimate of drug-likeness (QED) is 0.744. The number of amides is 1. The van der Waals surface area contributed by atoms with Gasteiger partial charge in [-0.25, -0.2) is 4.68 Å². The van der Waals surface area contributed by atoms with Gasteiger partial charge in [0.1, 0.15) is 0 Å². The number of nitrogens with zero attached hydrogens (tertiary/aromatic N) is 3. The first-order chi connectivity index (χ1) is 12.8. The van der Waals surface area contributed by atoms with Crippen LogP contribution < -0.4 is 10.9 Å². The molecule has 3 rings (SSSR count). The lowest BCUT2D eigenvalue weighted by Crippen LogP contribution is -2.33. The van der Waals surface area contributed by atoms with Crippen LogP contribution in [0.15, 0.2) is 65.7 Å². The summed E-state index contributed by atoms with van der Waals surface area (Å²) in [6.07, 6.45) is -0.899. The van der Waals surface area contributed by atoms with Crippen LogP contribution in [0.25, 0.3) is 5.69 Å². The Kier molecular flexibility index (Phi) is 5.11. The molecule has 0 radical (unpaired) electrons. The second-order valence-corrected chi connectivity index (χ2v) is 5.67. The number of carbonyl (C=O) groups is 1. The van der Waals surface area contributed by atoms with Crippen LogP contribution in [0.2, 0.25) is 0 Å². The molecule has 1 N–H and O–H groups in total. The monoisotopic (exact) mass is 376 g/mol. The number of halogens is 3. The van der Waals surface area contributed by atoms with Crippen molar-refractivity contribution in [3.63, 3.8) is 0 Å². The first kappa shape index (κ1) is 18.4. The summed E-state index contributed by atoms with van der Waals surface area (Å²) in [5, 5.41) is 5.84. The average Bonchev–Trinajstić information content (AvgIpc) is 3.17. The predicted octanol–water partition coefficient (Wildman–Crippen LogP) is 2.48. The first-order valence-corrected chi connectivity index (χ1v) is 8.01. The number of alkyl halides is 3. The minimum atomic E-state index is -4.64. The maximum Gasteiger partial charge on any atom is 0.435 e. The van der Waals surface area contributed by atoms with E-state index >= 15 is 0 Å². The second-order valence-electron chi connectivity index (χ2n) is 5.67. The number of rotatable bonds is 5. The van der Waals surface area contributed by atoms with E-state index in [1.807, 2.05) is 29.1 Å². The highest BCUT2D eigenvalue weighted by atomic mass is 19.4. The molecular formula is C18H15F3N4O2. The molecule has 6 nitrogen and oxygen atoms in total. The Labute approximate surface area is 151 Å². The van der Waals surface area contributed by atoms with E-state index in [2.05, 4.69) is 10.4 Å². The summed E-state index contributed by atoms with van der Waals surface area (Å²) in [4.78, 5) is 23.8. The number of hydrogen-bond donors (Lipinski definition) is 1. The van der Waals surface area contributed by atoms with Gasteiger partial charge in [0, 0.05) is 36.3 Å². The van der Waals surface area contributed by atoms with Gasteiger partial charge < -0.3 is 9.88 Å². The lowest BCUT2D eigenvalue weighted by atomic mass is 10.2. The van der Waals surface area contributed by atoms with Crippen LogP contribution in [0.1, 0.15) is 16.1 Å². The Bertz CT molecular complexity index is 977. The molecule has 9 heteroatoms. The maximum absolute atomic E-state index is 12.7. The molecule has 27 heavy (non-hydrogen) atoms. The Morgan fingerprint density at radius 1 is 1.04 bits per heavy atom. The van der Waals surface area contributed by atoms with Crippen LogP contribution in [-0.4, -0.2) is 26.8 Å². The molecule has 3 aromatic rings. The summed E-state index contributed by atoms with van der Waals surface area (Å²) in [7, 11) is 0. The third kappa shape index (κ3) is 4.43. The Morgan fingerprint density at radius 3 is 2.33 bits per heavy atom. The van der Waals surface area contributed by atoms with E-state index in [4.69, 9.17) is 0 Å². The van der Waals surface area contributed by atoms with Gasteiger partial charge in [-0.05, 0) is 42.5 Å². The molecule has 0 saturated heterocycles. The molecule has 2 heterocycles. The van der Waals surface area contributed by atoms with Crippen molar-refractivity contribution in [1.82, 2.24) is 19.7 Å². The first-order valence-electron chi connectivity index (χ1n) is 8.01. The largest absolute Gasteiger partial charge is 0.435 e. The lowest BCUT2D eigenvalue weighted by molar-refractivity contribution is -0.142. The lowest BCUT2D eigenvalue weighted by Gasteiger charge is -2.10. The third-order valence-electron chi connectivity index (χ3n) is 3.80. The summed E-state index contributed by atoms with van der Waals surface area (Å²) < 4.78 is 40.5. The summed E-state index contributed by atoms with van der Waals surface area (Å²) in [5.74, 6) is -0.394. The van der Waals surface area contributed by atoms with Crippen molar-refractivity contribution in [2.24, 2.45) is 0 Å². The van der Waals surface area contributed by atoms with Gasteiger partial charge in [0.05, 0.1) is 6.54 Å². The molecule has 1 aromatic carbocycles. The van der Waals surface area contributed by atoms with Crippen molar-refractivity contribution in [2.45, 2.75) is 12.7 Å². The van der Waals surface area contributed by atoms with Crippen molar-refractivity contribution in [2.75, 3.05) is 6.54 Å². The Morgan fingerprint density at radius 2 is 1.70 bits per heavy atom. The molecule has 0 aliphatic heterocycles. The van der Waals surface area contributed by atoms with Gasteiger partial charge in [-0.3, -0.25) is 9.59 Å². The minimum absolute atomic E-state index is 0.0353. The molecule has 1 amide bonds. The van der Waals surface area contributed by atoms with Crippen molar-refractivity contribution >= 4 is 5.91 Å². The molecular weight excluding hydrogens is 361 g/mol. The van der Waals surface area contributed by atoms with E-state index in [1.54, 1.807) is 24.3 Å². The minimum Gasteiger partial charge on any atom is -0.350 e. The zero-order valence-corrected chi connectivity index (χ0v) is 14.0. The normalized spacial score (nSPS) is 11.4. The van der Waals surface area contributed by atoms with E-state index in [0.29, 0.717) is 16.3 Å². The Hall–Kier alpha value is -3.36. The molecule has 0 bridgehead atoms. The van der Waals surface area contributed by atoms with E-state index < -0.39 is 23.3 Å². The summed E-state index contributed by atoms with van der Waals surface area (Å²) in [6, 6.07) is 12.0. The summed E-state index contributed by atoms with van der Waals surface area (Å²) >= 11 is 0. The Balaban J connectivity index is 1.61. The van der Waals surface area contributed by atoms with Gasteiger partial charge in [0.15, 0.2) is 5.69 Å². The van der Waals surface area contributed by atoms with Gasteiger partial charge in [0.25, 0.3) is 11.5 Å². The van der Waals surface area contributed by atoms with Crippen LogP contribution in [-0.2, 0) is 12.7 Å². The van der Waals surface area contributed by atoms with E-state index in [0.717, 1.165) is 11.8 Å². The van der Waals surface area contributed by atoms with Gasteiger partial charge in [0.2, 0.25) is 0 Å². The summed E-state index contributed by atoms with van der Waals surface area (Å²) in [5.41, 5.74) is -0.547. The molecule has 0 spiro atoms. The highest BCUT2D eigenvalue weighted by Crippen LogP contribution is 2.26. The zero-order valence-electron chi connectivity index (χ0n) is 14.0. The average molecular weight is 376 g/mol. The molecule has 0 atom stereocenters. The highest BCUT2D eigenvalue weighted by molar-refractivity contribution is 5.94. The number of carbonyl (C=O) groups excluding carboxylic acids is 1. The fraction of sp³-hybridized carbons (Fsp3) is 0.167. The molecule has 0 unspecified atom stereocenters. The molecule has 2 aromatic heterocycles. The van der Waals surface area contributed by atoms with Crippen LogP contribution in [0, 0.1) is 0 Å². The van der Waals surface area contributed by atoms with E-state index in [9.17, 15) is 22.8 Å². The highest BCUT2D eigenvalue weighted by Gasteiger charge is 2.33. The van der Waals surface area contributed by atoms with Gasteiger partial charge >= 0.3 is 6.18 Å². The van der Waals surface area contributed by atoms with E-state index in [-0.39, 0.29) is 13.1 Å². The molecule has 0 fully saturated rings. The van der Waals surface area contributed by atoms with Crippen LogP contribution in [0.5, 0.6) is 0 Å². The zero-order chi connectivity index (χ0) is 19.4. The second kappa shape index (κ2) is 7.48. The number of hydrogen-bond acceptors (Lipinski definition) is 3. The van der Waals surface area contributed by atoms with Crippen LogP contribution >= 0.6 is 0 Å². The molecule has 0 aliphatic rings. The van der Waals surface area contributed by atoms with Crippen molar-refractivity contribution in [3.8, 4) is 5.69 Å². The van der Waals surface area contributed by atoms with E-state index in [1.165, 1.54) is 0 Å². The van der Waals surface area contributed by atoms with Crippen LogP contribution in [0.3, 0.4) is 0 Å². The van der Waals surface area contributed by atoms with Gasteiger partial charge in [-0.2, -0.15) is 18.3 Å². The van der Waals surface area contributed by atoms with Crippen molar-refractivity contribution in [3.05, 3.63) is 82.5 Å². The predicted molar refractivity (Wildman–Crippen MR) is 91.6 cm³/mol. The fourth-order valence-electron chi connectivity index (χ4n) is 2.43. The number of aromatic nitrogens is 3. The fourth-order valence-corrected chi connectivity index (χ4v) is 2.43. The van der Waals surface area contributed by atoms with Crippen molar-refractivity contribution < 1.29 is 18.0 Å². The van der Waals surface area contributed by atoms with Gasteiger partial charge in [-0.1, -0.05) is 0 Å². The topological polar surface area (TPSA) is 68.9 Å². The molecule has 0 saturated carbocycles. The van der Waals surface area contributed by atoms with Crippen LogP contribution in [0.4, 0.5) is 13.2 Å². The number of benzene rings is 1. The maximum atomic E-state index is 12.7. The van der Waals surface area contributed by atoms with Gasteiger partial charge in [-0.15, -0.1) is 0 Å². The number of nitrogens with one attached hydrogen (secondary N) is 1.